The van der Waals surface area contributed by atoms with E-state index < -0.39 is 23.6 Å². The van der Waals surface area contributed by atoms with Crippen LogP contribution in [0.25, 0.3) is 0 Å². The molecule has 0 spiro atoms. The molecule has 1 aliphatic rings. The minimum Gasteiger partial charge on any atom is -0.506 e. The van der Waals surface area contributed by atoms with Crippen LogP contribution in [0.1, 0.15) is 6.92 Å². The van der Waals surface area contributed by atoms with Crippen molar-refractivity contribution in [1.29, 1.82) is 0 Å². The van der Waals surface area contributed by atoms with Gasteiger partial charge in [0.2, 0.25) is 0 Å². The number of aliphatic hydroxyl groups is 3. The average Bonchev–Trinajstić information content (AvgIpc) is 2.02. The molecule has 0 fully saturated rings. The van der Waals surface area contributed by atoms with E-state index in [1.165, 1.54) is 6.92 Å². The van der Waals surface area contributed by atoms with Gasteiger partial charge in [-0.25, -0.2) is 0 Å². The van der Waals surface area contributed by atoms with Crippen molar-refractivity contribution in [3.63, 3.8) is 0 Å². The second kappa shape index (κ2) is 2.76. The fourth-order valence-corrected chi connectivity index (χ4v) is 0.915. The molecule has 0 aliphatic carbocycles. The Morgan fingerprint density at radius 3 is 2.83 bits per heavy atom. The Morgan fingerprint density at radius 1 is 1.75 bits per heavy atom. The lowest BCUT2D eigenvalue weighted by atomic mass is 9.92. The van der Waals surface area contributed by atoms with Crippen LogP contribution in [-0.4, -0.2) is 39.4 Å². The fourth-order valence-electron chi connectivity index (χ4n) is 0.915. The molecule has 0 bridgehead atoms. The van der Waals surface area contributed by atoms with Crippen molar-refractivity contribution >= 4 is 6.29 Å². The lowest BCUT2D eigenvalue weighted by Crippen LogP contribution is -2.52. The quantitative estimate of drug-likeness (QED) is 0.448. The van der Waals surface area contributed by atoms with Gasteiger partial charge in [0.25, 0.3) is 0 Å². The smallest absolute Gasteiger partial charge is 0.182 e. The third kappa shape index (κ3) is 1.17. The van der Waals surface area contributed by atoms with Crippen molar-refractivity contribution < 1.29 is 24.9 Å². The first-order chi connectivity index (χ1) is 5.50. The molecular weight excluding hydrogens is 164 g/mol. The number of carbonyl (C=O) groups excluding carboxylic acids is 1. The van der Waals surface area contributed by atoms with E-state index in [9.17, 15) is 15.0 Å². The van der Waals surface area contributed by atoms with E-state index in [1.807, 2.05) is 0 Å². The van der Waals surface area contributed by atoms with Crippen molar-refractivity contribution in [3.8, 4) is 0 Å². The molecule has 1 aliphatic heterocycles. The normalized spacial score (nSPS) is 41.4. The molecular formula is C7H10O5. The van der Waals surface area contributed by atoms with Crippen LogP contribution >= 0.6 is 0 Å². The monoisotopic (exact) mass is 174 g/mol. The van der Waals surface area contributed by atoms with Crippen LogP contribution in [0, 0.1) is 0 Å². The van der Waals surface area contributed by atoms with Crippen molar-refractivity contribution in [2.75, 3.05) is 0 Å². The van der Waals surface area contributed by atoms with E-state index in [-0.39, 0.29) is 0 Å². The number of carbonyl (C=O) groups is 1. The van der Waals surface area contributed by atoms with Gasteiger partial charge in [-0.2, -0.15) is 0 Å². The molecule has 1 heterocycles. The summed E-state index contributed by atoms with van der Waals surface area (Å²) < 4.78 is 4.60. The fraction of sp³-hybridized carbons (Fsp3) is 0.571. The maximum Gasteiger partial charge on any atom is 0.182 e. The van der Waals surface area contributed by atoms with Crippen molar-refractivity contribution in [3.05, 3.63) is 12.0 Å². The Balaban J connectivity index is 2.94. The number of aliphatic hydroxyl groups excluding tert-OH is 2. The summed E-state index contributed by atoms with van der Waals surface area (Å²) in [4.78, 5) is 10.3. The number of ether oxygens (including phenoxy) is 1. The van der Waals surface area contributed by atoms with Gasteiger partial charge in [0, 0.05) is 0 Å². The highest BCUT2D eigenvalue weighted by molar-refractivity contribution is 5.58. The number of rotatable bonds is 1. The molecule has 2 unspecified atom stereocenters. The molecule has 0 radical (unpaired) electrons. The summed E-state index contributed by atoms with van der Waals surface area (Å²) in [5.41, 5.74) is -1.82. The number of aldehydes is 1. The third-order valence-electron chi connectivity index (χ3n) is 1.88. The highest BCUT2D eigenvalue weighted by atomic mass is 16.5. The van der Waals surface area contributed by atoms with Gasteiger partial charge in [0.05, 0.1) is 0 Å². The van der Waals surface area contributed by atoms with E-state index in [0.717, 1.165) is 6.26 Å². The van der Waals surface area contributed by atoms with Gasteiger partial charge in [-0.3, -0.25) is 4.79 Å². The van der Waals surface area contributed by atoms with E-state index in [4.69, 9.17) is 5.11 Å². The molecule has 5 heteroatoms. The maximum absolute atomic E-state index is 10.3. The molecule has 12 heavy (non-hydrogen) atoms. The molecule has 0 amide bonds. The van der Waals surface area contributed by atoms with Gasteiger partial charge >= 0.3 is 0 Å². The summed E-state index contributed by atoms with van der Waals surface area (Å²) in [6.45, 7) is 1.20. The van der Waals surface area contributed by atoms with Crippen LogP contribution in [0.3, 0.4) is 0 Å². The van der Waals surface area contributed by atoms with Gasteiger partial charge in [0.15, 0.2) is 23.8 Å². The lowest BCUT2D eigenvalue weighted by Gasteiger charge is -2.34. The Labute approximate surface area is 68.9 Å². The second-order valence-corrected chi connectivity index (χ2v) is 2.83. The molecule has 0 saturated heterocycles. The largest absolute Gasteiger partial charge is 0.506 e. The summed E-state index contributed by atoms with van der Waals surface area (Å²) in [5.74, 6) is -0.492. The zero-order valence-corrected chi connectivity index (χ0v) is 6.47. The third-order valence-corrected chi connectivity index (χ3v) is 1.88. The van der Waals surface area contributed by atoms with Crippen molar-refractivity contribution in [2.24, 2.45) is 0 Å². The van der Waals surface area contributed by atoms with Gasteiger partial charge in [-0.1, -0.05) is 0 Å². The van der Waals surface area contributed by atoms with E-state index in [1.54, 1.807) is 0 Å². The number of hydrogen-bond acceptors (Lipinski definition) is 5. The molecule has 3 atom stereocenters. The van der Waals surface area contributed by atoms with Crippen LogP contribution < -0.4 is 0 Å². The molecule has 0 aromatic heterocycles. The Morgan fingerprint density at radius 2 is 2.33 bits per heavy atom. The SMILES string of the molecule is C[C@@]1(O)C(O)=COC(C=O)C1O. The zero-order chi connectivity index (χ0) is 9.35. The van der Waals surface area contributed by atoms with Crippen LogP contribution in [0.4, 0.5) is 0 Å². The van der Waals surface area contributed by atoms with Crippen LogP contribution in [0.5, 0.6) is 0 Å². The highest BCUT2D eigenvalue weighted by Crippen LogP contribution is 2.26. The summed E-state index contributed by atoms with van der Waals surface area (Å²) in [6.07, 6.45) is -1.36. The Kier molecular flexibility index (Phi) is 2.08. The molecule has 5 nitrogen and oxygen atoms in total. The summed E-state index contributed by atoms with van der Waals surface area (Å²) in [6, 6.07) is 0. The van der Waals surface area contributed by atoms with E-state index >= 15 is 0 Å². The minimum absolute atomic E-state index is 0.363. The zero-order valence-electron chi connectivity index (χ0n) is 6.47. The van der Waals surface area contributed by atoms with Gasteiger partial charge in [0.1, 0.15) is 12.4 Å². The van der Waals surface area contributed by atoms with Gasteiger partial charge in [-0.15, -0.1) is 0 Å². The molecule has 0 aromatic carbocycles. The van der Waals surface area contributed by atoms with Crippen LogP contribution in [0.15, 0.2) is 12.0 Å². The topological polar surface area (TPSA) is 87.0 Å². The molecule has 0 saturated carbocycles. The van der Waals surface area contributed by atoms with Gasteiger partial charge in [-0.05, 0) is 6.92 Å². The van der Waals surface area contributed by atoms with Crippen LogP contribution in [0.2, 0.25) is 0 Å². The van der Waals surface area contributed by atoms with Crippen LogP contribution in [-0.2, 0) is 9.53 Å². The number of hydrogen-bond donors (Lipinski definition) is 3. The first kappa shape index (κ1) is 9.02. The van der Waals surface area contributed by atoms with Crippen molar-refractivity contribution in [1.82, 2.24) is 0 Å². The highest BCUT2D eigenvalue weighted by Gasteiger charge is 2.44. The summed E-state index contributed by atoms with van der Waals surface area (Å²) >= 11 is 0. The van der Waals surface area contributed by atoms with Crippen molar-refractivity contribution in [2.45, 2.75) is 24.7 Å². The van der Waals surface area contributed by atoms with E-state index in [2.05, 4.69) is 4.74 Å². The standard InChI is InChI=1S/C7H10O5/c1-7(11)5(9)3-12-4(2-8)6(7)10/h2-4,6,9-11H,1H3/t4?,6?,7-/m1/s1. The summed E-state index contributed by atoms with van der Waals surface area (Å²) in [7, 11) is 0. The second-order valence-electron chi connectivity index (χ2n) is 2.83. The maximum atomic E-state index is 10.3. The average molecular weight is 174 g/mol. The summed E-state index contributed by atoms with van der Waals surface area (Å²) in [5, 5.41) is 27.7. The lowest BCUT2D eigenvalue weighted by molar-refractivity contribution is -0.149. The predicted molar refractivity (Wildman–Crippen MR) is 38.3 cm³/mol. The molecule has 0 aromatic rings. The minimum atomic E-state index is -1.82. The Hall–Kier alpha value is -1.07. The first-order valence-electron chi connectivity index (χ1n) is 3.41. The first-order valence-corrected chi connectivity index (χ1v) is 3.41. The molecule has 1 rings (SSSR count). The predicted octanol–water partition coefficient (Wildman–Crippen LogP) is -0.905. The molecule has 3 N–H and O–H groups in total. The van der Waals surface area contributed by atoms with Gasteiger partial charge < -0.3 is 20.1 Å². The molecule has 68 valence electrons. The Bertz CT molecular complexity index is 220. The van der Waals surface area contributed by atoms with E-state index in [0.29, 0.717) is 6.29 Å².